The Morgan fingerprint density at radius 1 is 1.23 bits per heavy atom. The molecule has 5 nitrogen and oxygen atoms in total. The third kappa shape index (κ3) is 3.45. The second-order valence-electron chi connectivity index (χ2n) is 6.01. The number of aromatic amines is 1. The van der Waals surface area contributed by atoms with E-state index < -0.39 is 0 Å². The number of piperazine rings is 1. The maximum absolute atomic E-state index is 5.41. The van der Waals surface area contributed by atoms with E-state index >= 15 is 0 Å². The van der Waals surface area contributed by atoms with Gasteiger partial charge in [0.15, 0.2) is 4.77 Å². The Bertz CT molecular complexity index is 682. The molecule has 1 aliphatic rings. The van der Waals surface area contributed by atoms with Crippen molar-refractivity contribution in [2.24, 2.45) is 0 Å². The van der Waals surface area contributed by atoms with Crippen LogP contribution in [0.15, 0.2) is 24.3 Å². The van der Waals surface area contributed by atoms with Gasteiger partial charge in [-0.3, -0.25) is 9.67 Å². The average molecular weight is 317 g/mol. The first-order valence-electron chi connectivity index (χ1n) is 7.78. The SMILES string of the molecule is Cc1cccc(-n2c(CCN3CCN(C)CC3)n[nH]c2=S)c1. The van der Waals surface area contributed by atoms with Crippen LogP contribution >= 0.6 is 12.2 Å². The zero-order chi connectivity index (χ0) is 15.5. The maximum Gasteiger partial charge on any atom is 0.199 e. The highest BCUT2D eigenvalue weighted by molar-refractivity contribution is 7.71. The lowest BCUT2D eigenvalue weighted by molar-refractivity contribution is 0.155. The van der Waals surface area contributed by atoms with Gasteiger partial charge in [0, 0.05) is 44.8 Å². The molecule has 6 heteroatoms. The molecule has 22 heavy (non-hydrogen) atoms. The van der Waals surface area contributed by atoms with Gasteiger partial charge in [0.05, 0.1) is 0 Å². The smallest absolute Gasteiger partial charge is 0.199 e. The summed E-state index contributed by atoms with van der Waals surface area (Å²) in [7, 11) is 2.18. The number of hydrogen-bond donors (Lipinski definition) is 1. The maximum atomic E-state index is 5.41. The van der Waals surface area contributed by atoms with Gasteiger partial charge in [-0.15, -0.1) is 0 Å². The number of hydrogen-bond acceptors (Lipinski definition) is 4. The van der Waals surface area contributed by atoms with Crippen molar-refractivity contribution in [2.45, 2.75) is 13.3 Å². The van der Waals surface area contributed by atoms with Crippen molar-refractivity contribution in [3.05, 3.63) is 40.4 Å². The van der Waals surface area contributed by atoms with Gasteiger partial charge in [-0.25, -0.2) is 0 Å². The molecule has 118 valence electrons. The molecule has 0 spiro atoms. The third-order valence-corrected chi connectivity index (χ3v) is 4.52. The first kappa shape index (κ1) is 15.4. The lowest BCUT2D eigenvalue weighted by Crippen LogP contribution is -2.45. The van der Waals surface area contributed by atoms with Crippen LogP contribution in [0.1, 0.15) is 11.4 Å². The Labute approximate surface area is 136 Å². The van der Waals surface area contributed by atoms with Crippen LogP contribution in [0.2, 0.25) is 0 Å². The van der Waals surface area contributed by atoms with E-state index in [0.29, 0.717) is 4.77 Å². The Kier molecular flexibility index (Phi) is 4.71. The van der Waals surface area contributed by atoms with Crippen LogP contribution < -0.4 is 0 Å². The second-order valence-corrected chi connectivity index (χ2v) is 6.40. The van der Waals surface area contributed by atoms with Crippen LogP contribution in [0.4, 0.5) is 0 Å². The second kappa shape index (κ2) is 6.73. The van der Waals surface area contributed by atoms with Crippen molar-refractivity contribution in [3.8, 4) is 5.69 Å². The molecule has 0 amide bonds. The molecule has 0 saturated carbocycles. The summed E-state index contributed by atoms with van der Waals surface area (Å²) in [6, 6.07) is 8.38. The zero-order valence-corrected chi connectivity index (χ0v) is 14.1. The molecule has 2 heterocycles. The first-order chi connectivity index (χ1) is 10.6. The van der Waals surface area contributed by atoms with Gasteiger partial charge < -0.3 is 9.80 Å². The fraction of sp³-hybridized carbons (Fsp3) is 0.500. The van der Waals surface area contributed by atoms with Crippen LogP contribution in [0, 0.1) is 11.7 Å². The summed E-state index contributed by atoms with van der Waals surface area (Å²) in [4.78, 5) is 4.87. The molecule has 1 fully saturated rings. The van der Waals surface area contributed by atoms with E-state index in [1.54, 1.807) is 0 Å². The predicted molar refractivity (Wildman–Crippen MR) is 91.1 cm³/mol. The molecule has 0 atom stereocenters. The zero-order valence-electron chi connectivity index (χ0n) is 13.2. The van der Waals surface area contributed by atoms with Crippen LogP contribution in [-0.4, -0.2) is 64.3 Å². The van der Waals surface area contributed by atoms with Gasteiger partial charge >= 0.3 is 0 Å². The minimum absolute atomic E-state index is 0.666. The molecule has 3 rings (SSSR count). The topological polar surface area (TPSA) is 40.1 Å². The molecule has 0 radical (unpaired) electrons. The van der Waals surface area contributed by atoms with Gasteiger partial charge in [-0.1, -0.05) is 12.1 Å². The Morgan fingerprint density at radius 2 is 2.00 bits per heavy atom. The highest BCUT2D eigenvalue weighted by atomic mass is 32.1. The number of nitrogens with one attached hydrogen (secondary N) is 1. The van der Waals surface area contributed by atoms with Crippen molar-refractivity contribution >= 4 is 12.2 Å². The summed E-state index contributed by atoms with van der Waals surface area (Å²) >= 11 is 5.41. The molecule has 0 bridgehead atoms. The van der Waals surface area contributed by atoms with Gasteiger partial charge in [-0.05, 0) is 43.9 Å². The van der Waals surface area contributed by atoms with E-state index in [1.165, 1.54) is 5.56 Å². The predicted octanol–water partition coefficient (Wildman–Crippen LogP) is 2.03. The molecule has 0 unspecified atom stereocenters. The molecule has 1 aromatic carbocycles. The fourth-order valence-corrected chi connectivity index (χ4v) is 3.12. The van der Waals surface area contributed by atoms with Crippen LogP contribution in [0.3, 0.4) is 0 Å². The van der Waals surface area contributed by atoms with Gasteiger partial charge in [0.25, 0.3) is 0 Å². The lowest BCUT2D eigenvalue weighted by Gasteiger charge is -2.32. The highest BCUT2D eigenvalue weighted by Crippen LogP contribution is 2.14. The third-order valence-electron chi connectivity index (χ3n) is 4.25. The van der Waals surface area contributed by atoms with E-state index in [1.807, 2.05) is 0 Å². The summed E-state index contributed by atoms with van der Waals surface area (Å²) in [6.07, 6.45) is 0.908. The normalized spacial score (nSPS) is 17.0. The molecule has 1 N–H and O–H groups in total. The number of aromatic nitrogens is 3. The lowest BCUT2D eigenvalue weighted by atomic mass is 10.2. The van der Waals surface area contributed by atoms with Crippen molar-refractivity contribution < 1.29 is 0 Å². The van der Waals surface area contributed by atoms with E-state index in [-0.39, 0.29) is 0 Å². The van der Waals surface area contributed by atoms with Gasteiger partial charge in [0.1, 0.15) is 5.82 Å². The average Bonchev–Trinajstić information content (AvgIpc) is 2.87. The molecular weight excluding hydrogens is 294 g/mol. The Morgan fingerprint density at radius 3 is 2.73 bits per heavy atom. The summed E-state index contributed by atoms with van der Waals surface area (Å²) in [6.45, 7) is 7.67. The Hall–Kier alpha value is -1.50. The van der Waals surface area contributed by atoms with E-state index in [2.05, 4.69) is 62.8 Å². The fourth-order valence-electron chi connectivity index (χ4n) is 2.86. The van der Waals surface area contributed by atoms with E-state index in [4.69, 9.17) is 12.2 Å². The van der Waals surface area contributed by atoms with Crippen LogP contribution in [0.25, 0.3) is 5.69 Å². The van der Waals surface area contributed by atoms with Crippen molar-refractivity contribution in [1.82, 2.24) is 24.6 Å². The van der Waals surface area contributed by atoms with Crippen LogP contribution in [-0.2, 0) is 6.42 Å². The molecular formula is C16H23N5S. The largest absolute Gasteiger partial charge is 0.304 e. The van der Waals surface area contributed by atoms with E-state index in [9.17, 15) is 0 Å². The van der Waals surface area contributed by atoms with Crippen LogP contribution in [0.5, 0.6) is 0 Å². The number of nitrogens with zero attached hydrogens (tertiary/aromatic N) is 4. The van der Waals surface area contributed by atoms with Gasteiger partial charge in [-0.2, -0.15) is 5.10 Å². The minimum atomic E-state index is 0.666. The molecule has 0 aliphatic carbocycles. The number of rotatable bonds is 4. The molecule has 2 aromatic rings. The number of aryl methyl sites for hydroxylation is 1. The minimum Gasteiger partial charge on any atom is -0.304 e. The Balaban J connectivity index is 1.74. The van der Waals surface area contributed by atoms with E-state index in [0.717, 1.165) is 50.7 Å². The number of H-pyrrole nitrogens is 1. The van der Waals surface area contributed by atoms with Gasteiger partial charge in [0.2, 0.25) is 0 Å². The standard InChI is InChI=1S/C16H23N5S/c1-13-4-3-5-14(12-13)21-15(17-18-16(21)22)6-7-20-10-8-19(2)9-11-20/h3-5,12H,6-11H2,1-2H3,(H,18,22). The highest BCUT2D eigenvalue weighted by Gasteiger charge is 2.15. The molecule has 1 aliphatic heterocycles. The monoisotopic (exact) mass is 317 g/mol. The summed E-state index contributed by atoms with van der Waals surface area (Å²) < 4.78 is 2.72. The van der Waals surface area contributed by atoms with Crippen molar-refractivity contribution in [3.63, 3.8) is 0 Å². The summed E-state index contributed by atoms with van der Waals surface area (Å²) in [5, 5.41) is 7.37. The molecule has 1 aromatic heterocycles. The summed E-state index contributed by atoms with van der Waals surface area (Å²) in [5.74, 6) is 1.01. The quantitative estimate of drug-likeness (QED) is 0.876. The van der Waals surface area contributed by atoms with Crippen molar-refractivity contribution in [2.75, 3.05) is 39.8 Å². The first-order valence-corrected chi connectivity index (χ1v) is 8.18. The van der Waals surface area contributed by atoms with Crippen molar-refractivity contribution in [1.29, 1.82) is 0 Å². The summed E-state index contributed by atoms with van der Waals surface area (Å²) in [5.41, 5.74) is 2.32. The molecule has 1 saturated heterocycles. The number of benzene rings is 1. The number of likely N-dealkylation sites (N-methyl/N-ethyl adjacent to an activating group) is 1.